The first-order chi connectivity index (χ1) is 16.4. The molecule has 1 fully saturated rings. The lowest BCUT2D eigenvalue weighted by molar-refractivity contribution is -0.276. The van der Waals surface area contributed by atoms with Crippen LogP contribution < -0.4 is 5.32 Å². The molecule has 2 aromatic carbocycles. The molecule has 3 aromatic rings. The molecule has 34 heavy (non-hydrogen) atoms. The highest BCUT2D eigenvalue weighted by Gasteiger charge is 2.38. The molecule has 1 amide bonds. The average Bonchev–Trinajstić information content (AvgIpc) is 3.16. The zero-order chi connectivity index (χ0) is 24.2. The topological polar surface area (TPSA) is 85.6 Å². The highest BCUT2D eigenvalue weighted by atomic mass is 35.5. The number of aliphatic hydroxyl groups excluding tert-OH is 1. The maximum Gasteiger partial charge on any atom is 0.217 e. The Hall–Kier alpha value is -2.42. The van der Waals surface area contributed by atoms with Crippen molar-refractivity contribution in [3.63, 3.8) is 0 Å². The quantitative estimate of drug-likeness (QED) is 0.483. The van der Waals surface area contributed by atoms with Crippen LogP contribution in [0.2, 0.25) is 10.3 Å². The van der Waals surface area contributed by atoms with Crippen LogP contribution >= 0.6 is 23.2 Å². The fourth-order valence-corrected chi connectivity index (χ4v) is 4.32. The Bertz CT molecular complexity index is 1120. The van der Waals surface area contributed by atoms with E-state index >= 15 is 0 Å². The summed E-state index contributed by atoms with van der Waals surface area (Å²) < 4.78 is 14.6. The van der Waals surface area contributed by atoms with E-state index in [4.69, 9.17) is 32.7 Å². The molecular weight excluding hydrogens is 477 g/mol. The standard InChI is InChI=1S/C25H27Cl2N3O4/c1-15-21(12-30-14-29-23(26)24(30)27)33-25(20-9-3-17(4-10-20)11-28-16(2)32)34-22(15)19-7-5-18(13-31)6-8-19/h3-10,14-15,21-22,25,31H,11-13H2,1-2H3,(H,28,32)/t15-,21+,22+,25+/m1/s1. The fraction of sp³-hybridized carbons (Fsp3) is 0.360. The zero-order valence-corrected chi connectivity index (χ0v) is 20.5. The molecule has 0 unspecified atom stereocenters. The smallest absolute Gasteiger partial charge is 0.217 e. The molecule has 1 saturated heterocycles. The summed E-state index contributed by atoms with van der Waals surface area (Å²) in [6.07, 6.45) is 0.528. The summed E-state index contributed by atoms with van der Waals surface area (Å²) in [6.45, 7) is 4.48. The SMILES string of the molecule is CC(=O)NCc1ccc([C@H]2O[C@@H](Cn3cnc(Cl)c3Cl)[C@@H](C)[C@@H](c3ccc(CO)cc3)O2)cc1. The number of imidazole rings is 1. The fourth-order valence-electron chi connectivity index (χ4n) is 4.01. The number of nitrogens with zero attached hydrogens (tertiary/aromatic N) is 2. The van der Waals surface area contributed by atoms with E-state index in [0.29, 0.717) is 18.2 Å². The summed E-state index contributed by atoms with van der Waals surface area (Å²) in [7, 11) is 0. The molecule has 1 aromatic heterocycles. The van der Waals surface area contributed by atoms with Gasteiger partial charge in [-0.3, -0.25) is 4.79 Å². The molecule has 180 valence electrons. The normalized spacial score (nSPS) is 22.5. The van der Waals surface area contributed by atoms with Gasteiger partial charge >= 0.3 is 0 Å². The zero-order valence-electron chi connectivity index (χ0n) is 18.9. The van der Waals surface area contributed by atoms with Crippen LogP contribution in [-0.2, 0) is 34.0 Å². The van der Waals surface area contributed by atoms with Gasteiger partial charge in [0, 0.05) is 24.9 Å². The largest absolute Gasteiger partial charge is 0.392 e. The predicted molar refractivity (Wildman–Crippen MR) is 129 cm³/mol. The Labute approximate surface area is 208 Å². The van der Waals surface area contributed by atoms with E-state index in [0.717, 1.165) is 22.3 Å². The molecule has 0 aliphatic carbocycles. The minimum Gasteiger partial charge on any atom is -0.392 e. The van der Waals surface area contributed by atoms with E-state index in [-0.39, 0.29) is 35.8 Å². The molecule has 2 N–H and O–H groups in total. The first-order valence-electron chi connectivity index (χ1n) is 11.1. The number of hydrogen-bond acceptors (Lipinski definition) is 5. The van der Waals surface area contributed by atoms with Crippen molar-refractivity contribution in [1.82, 2.24) is 14.9 Å². The minimum absolute atomic E-state index is 0.00694. The van der Waals surface area contributed by atoms with E-state index in [1.54, 1.807) is 10.9 Å². The maximum atomic E-state index is 11.2. The van der Waals surface area contributed by atoms with Gasteiger partial charge in [0.25, 0.3) is 0 Å². The Balaban J connectivity index is 1.60. The second-order valence-electron chi connectivity index (χ2n) is 8.45. The van der Waals surface area contributed by atoms with Gasteiger partial charge < -0.3 is 24.5 Å². The first kappa shape index (κ1) is 24.7. The van der Waals surface area contributed by atoms with Crippen molar-refractivity contribution in [2.75, 3.05) is 0 Å². The summed E-state index contributed by atoms with van der Waals surface area (Å²) in [5.74, 6) is -0.0827. The number of aliphatic hydroxyl groups is 1. The monoisotopic (exact) mass is 503 g/mol. The van der Waals surface area contributed by atoms with Gasteiger partial charge in [0.15, 0.2) is 11.4 Å². The van der Waals surface area contributed by atoms with E-state index in [9.17, 15) is 9.90 Å². The Kier molecular flexibility index (Phi) is 7.91. The Morgan fingerprint density at radius 3 is 2.29 bits per heavy atom. The van der Waals surface area contributed by atoms with Crippen LogP contribution in [0.4, 0.5) is 0 Å². The number of ether oxygens (including phenoxy) is 2. The molecule has 0 saturated carbocycles. The Morgan fingerprint density at radius 2 is 1.71 bits per heavy atom. The minimum atomic E-state index is -0.601. The van der Waals surface area contributed by atoms with Crippen molar-refractivity contribution >= 4 is 29.1 Å². The number of aromatic nitrogens is 2. The summed E-state index contributed by atoms with van der Waals surface area (Å²) in [5.41, 5.74) is 3.69. The van der Waals surface area contributed by atoms with Crippen molar-refractivity contribution in [2.24, 2.45) is 5.92 Å². The van der Waals surface area contributed by atoms with Crippen LogP contribution in [0.1, 0.15) is 48.5 Å². The van der Waals surface area contributed by atoms with Crippen molar-refractivity contribution in [1.29, 1.82) is 0 Å². The molecule has 4 atom stereocenters. The molecule has 1 aliphatic heterocycles. The molecular formula is C25H27Cl2N3O4. The van der Waals surface area contributed by atoms with Crippen molar-refractivity contribution in [3.8, 4) is 0 Å². The highest BCUT2D eigenvalue weighted by molar-refractivity contribution is 6.40. The first-order valence-corrected chi connectivity index (χ1v) is 11.8. The van der Waals surface area contributed by atoms with Gasteiger partial charge in [0.05, 0.1) is 31.7 Å². The van der Waals surface area contributed by atoms with Crippen molar-refractivity contribution in [3.05, 3.63) is 87.4 Å². The van der Waals surface area contributed by atoms with Gasteiger partial charge in [-0.15, -0.1) is 0 Å². The number of carbonyl (C=O) groups is 1. The number of amides is 1. The second-order valence-corrected chi connectivity index (χ2v) is 9.17. The van der Waals surface area contributed by atoms with Crippen molar-refractivity contribution < 1.29 is 19.4 Å². The van der Waals surface area contributed by atoms with Crippen LogP contribution in [0.3, 0.4) is 0 Å². The summed E-state index contributed by atoms with van der Waals surface area (Å²) in [6, 6.07) is 15.5. The van der Waals surface area contributed by atoms with Crippen LogP contribution in [0, 0.1) is 5.92 Å². The summed E-state index contributed by atoms with van der Waals surface area (Å²) in [5, 5.41) is 12.8. The van der Waals surface area contributed by atoms with Gasteiger partial charge in [-0.2, -0.15) is 0 Å². The van der Waals surface area contributed by atoms with Crippen LogP contribution in [0.25, 0.3) is 0 Å². The van der Waals surface area contributed by atoms with Gasteiger partial charge in [-0.25, -0.2) is 4.98 Å². The van der Waals surface area contributed by atoms with E-state index < -0.39 is 6.29 Å². The number of rotatable bonds is 7. The maximum absolute atomic E-state index is 11.2. The van der Waals surface area contributed by atoms with Crippen molar-refractivity contribution in [2.45, 2.75) is 52.0 Å². The average molecular weight is 504 g/mol. The third-order valence-corrected chi connectivity index (χ3v) is 6.80. The molecule has 4 rings (SSSR count). The number of halogens is 2. The third-order valence-electron chi connectivity index (χ3n) is 6.03. The third kappa shape index (κ3) is 5.62. The summed E-state index contributed by atoms with van der Waals surface area (Å²) in [4.78, 5) is 15.3. The number of benzene rings is 2. The van der Waals surface area contributed by atoms with E-state index in [1.165, 1.54) is 6.92 Å². The molecule has 0 spiro atoms. The van der Waals surface area contributed by atoms with Crippen LogP contribution in [-0.4, -0.2) is 26.7 Å². The van der Waals surface area contributed by atoms with Gasteiger partial charge in [-0.05, 0) is 16.7 Å². The molecule has 2 heterocycles. The molecule has 9 heteroatoms. The predicted octanol–water partition coefficient (Wildman–Crippen LogP) is 4.81. The second kappa shape index (κ2) is 10.9. The van der Waals surface area contributed by atoms with Gasteiger partial charge in [-0.1, -0.05) is 78.7 Å². The lowest BCUT2D eigenvalue weighted by Gasteiger charge is -2.41. The lowest BCUT2D eigenvalue weighted by atomic mass is 9.90. The summed E-state index contributed by atoms with van der Waals surface area (Å²) >= 11 is 12.4. The van der Waals surface area contributed by atoms with E-state index in [2.05, 4.69) is 17.2 Å². The van der Waals surface area contributed by atoms with Gasteiger partial charge in [0.1, 0.15) is 5.15 Å². The highest BCUT2D eigenvalue weighted by Crippen LogP contribution is 2.42. The number of nitrogens with one attached hydrogen (secondary N) is 1. The number of carbonyl (C=O) groups excluding carboxylic acids is 1. The molecule has 0 radical (unpaired) electrons. The van der Waals surface area contributed by atoms with Crippen LogP contribution in [0.5, 0.6) is 0 Å². The Morgan fingerprint density at radius 1 is 1.06 bits per heavy atom. The molecule has 7 nitrogen and oxygen atoms in total. The van der Waals surface area contributed by atoms with Gasteiger partial charge in [0.2, 0.25) is 5.91 Å². The molecule has 0 bridgehead atoms. The lowest BCUT2D eigenvalue weighted by Crippen LogP contribution is -2.39. The van der Waals surface area contributed by atoms with E-state index in [1.807, 2.05) is 48.5 Å². The molecule has 1 aliphatic rings. The number of hydrogen-bond donors (Lipinski definition) is 2. The van der Waals surface area contributed by atoms with Crippen LogP contribution in [0.15, 0.2) is 54.9 Å².